The van der Waals surface area contributed by atoms with E-state index in [0.29, 0.717) is 0 Å². The van der Waals surface area contributed by atoms with Crippen molar-refractivity contribution >= 4 is 16.6 Å². The second-order valence-corrected chi connectivity index (χ2v) is 4.80. The van der Waals surface area contributed by atoms with Crippen LogP contribution in [-0.4, -0.2) is 23.9 Å². The van der Waals surface area contributed by atoms with Crippen molar-refractivity contribution in [2.45, 2.75) is 6.42 Å². The summed E-state index contributed by atoms with van der Waals surface area (Å²) in [4.78, 5) is 0. The van der Waals surface area contributed by atoms with Gasteiger partial charge >= 0.3 is 0 Å². The average molecular weight is 279 g/mol. The van der Waals surface area contributed by atoms with Crippen molar-refractivity contribution in [1.29, 1.82) is 0 Å². The highest BCUT2D eigenvalue weighted by molar-refractivity contribution is 5.90. The van der Waals surface area contributed by atoms with E-state index in [4.69, 9.17) is 4.74 Å². The van der Waals surface area contributed by atoms with Gasteiger partial charge in [-0.05, 0) is 30.2 Å². The zero-order valence-electron chi connectivity index (χ0n) is 11.9. The highest BCUT2D eigenvalue weighted by atomic mass is 16.5. The number of hydrogen-bond donors (Lipinski definition) is 1. The van der Waals surface area contributed by atoms with Gasteiger partial charge in [0.15, 0.2) is 0 Å². The van der Waals surface area contributed by atoms with Gasteiger partial charge < -0.3 is 10.1 Å². The molecular formula is C17H17N3O. The molecule has 106 valence electrons. The van der Waals surface area contributed by atoms with Crippen molar-refractivity contribution in [2.75, 3.05) is 19.0 Å². The van der Waals surface area contributed by atoms with Crippen LogP contribution in [0.2, 0.25) is 0 Å². The summed E-state index contributed by atoms with van der Waals surface area (Å²) >= 11 is 0. The van der Waals surface area contributed by atoms with Crippen LogP contribution in [-0.2, 0) is 6.42 Å². The third-order valence-electron chi connectivity index (χ3n) is 3.41. The molecule has 0 atom stereocenters. The fourth-order valence-corrected chi connectivity index (χ4v) is 2.32. The third-order valence-corrected chi connectivity index (χ3v) is 3.41. The molecule has 1 heterocycles. The van der Waals surface area contributed by atoms with E-state index in [-0.39, 0.29) is 0 Å². The molecule has 0 fully saturated rings. The predicted molar refractivity (Wildman–Crippen MR) is 84.7 cm³/mol. The molecule has 0 aliphatic heterocycles. The van der Waals surface area contributed by atoms with Crippen molar-refractivity contribution in [2.24, 2.45) is 0 Å². The Morgan fingerprint density at radius 2 is 2.00 bits per heavy atom. The maximum absolute atomic E-state index is 5.24. The van der Waals surface area contributed by atoms with Gasteiger partial charge in [-0.1, -0.05) is 30.3 Å². The first-order valence-electron chi connectivity index (χ1n) is 6.94. The van der Waals surface area contributed by atoms with Crippen LogP contribution in [0.15, 0.2) is 54.7 Å². The molecule has 1 N–H and O–H groups in total. The molecule has 0 radical (unpaired) electrons. The van der Waals surface area contributed by atoms with E-state index in [1.807, 2.05) is 30.3 Å². The van der Waals surface area contributed by atoms with Crippen LogP contribution < -0.4 is 10.1 Å². The Labute approximate surface area is 123 Å². The lowest BCUT2D eigenvalue weighted by atomic mass is 10.1. The quantitative estimate of drug-likeness (QED) is 0.778. The van der Waals surface area contributed by atoms with Gasteiger partial charge in [-0.25, -0.2) is 0 Å². The van der Waals surface area contributed by atoms with Gasteiger partial charge in [-0.15, -0.1) is 0 Å². The topological polar surface area (TPSA) is 47.0 Å². The van der Waals surface area contributed by atoms with Crippen LogP contribution in [0.5, 0.6) is 5.75 Å². The Morgan fingerprint density at radius 1 is 1.10 bits per heavy atom. The maximum atomic E-state index is 5.24. The van der Waals surface area contributed by atoms with Crippen LogP contribution >= 0.6 is 0 Å². The molecule has 3 rings (SSSR count). The molecule has 0 spiro atoms. The molecule has 0 bridgehead atoms. The summed E-state index contributed by atoms with van der Waals surface area (Å²) in [6.45, 7) is 0.836. The third kappa shape index (κ3) is 3.11. The summed E-state index contributed by atoms with van der Waals surface area (Å²) in [6.07, 6.45) is 2.70. The lowest BCUT2D eigenvalue weighted by Crippen LogP contribution is -2.06. The Morgan fingerprint density at radius 3 is 2.90 bits per heavy atom. The van der Waals surface area contributed by atoms with Crippen molar-refractivity contribution in [3.05, 3.63) is 60.3 Å². The van der Waals surface area contributed by atoms with Gasteiger partial charge in [0.1, 0.15) is 5.75 Å². The second-order valence-electron chi connectivity index (χ2n) is 4.80. The monoisotopic (exact) mass is 279 g/mol. The first-order chi connectivity index (χ1) is 10.4. The number of ether oxygens (including phenoxy) is 1. The van der Waals surface area contributed by atoms with Gasteiger partial charge in [0.2, 0.25) is 0 Å². The maximum Gasteiger partial charge on any atom is 0.119 e. The molecule has 0 saturated heterocycles. The molecular weight excluding hydrogens is 262 g/mol. The summed E-state index contributed by atoms with van der Waals surface area (Å²) in [5.41, 5.74) is 3.17. The molecule has 0 saturated carbocycles. The molecule has 1 aromatic heterocycles. The Hall–Kier alpha value is -2.62. The second kappa shape index (κ2) is 6.22. The molecule has 4 heteroatoms. The minimum Gasteiger partial charge on any atom is -0.497 e. The smallest absolute Gasteiger partial charge is 0.119 e. The van der Waals surface area contributed by atoms with E-state index in [0.717, 1.165) is 35.3 Å². The zero-order chi connectivity index (χ0) is 14.5. The summed E-state index contributed by atoms with van der Waals surface area (Å²) in [6, 6.07) is 16.1. The van der Waals surface area contributed by atoms with Crippen LogP contribution in [0.1, 0.15) is 5.56 Å². The van der Waals surface area contributed by atoms with Gasteiger partial charge in [0.05, 0.1) is 24.5 Å². The Kier molecular flexibility index (Phi) is 3.96. The van der Waals surface area contributed by atoms with Crippen LogP contribution in [0, 0.1) is 0 Å². The first-order valence-corrected chi connectivity index (χ1v) is 6.94. The van der Waals surface area contributed by atoms with Crippen molar-refractivity contribution < 1.29 is 4.74 Å². The van der Waals surface area contributed by atoms with E-state index >= 15 is 0 Å². The van der Waals surface area contributed by atoms with E-state index < -0.39 is 0 Å². The fourth-order valence-electron chi connectivity index (χ4n) is 2.32. The standard InChI is InChI=1S/C17H17N3O/c1-21-14-6-4-5-13(11-14)9-10-18-17-12-19-20-16-8-3-2-7-15(16)17/h2-8,11-12H,9-10H2,1H3,(H,18,20). The molecule has 3 aromatic rings. The molecule has 2 aromatic carbocycles. The number of benzene rings is 2. The molecule has 0 aliphatic rings. The highest BCUT2D eigenvalue weighted by Crippen LogP contribution is 2.20. The number of aromatic nitrogens is 2. The number of hydrogen-bond acceptors (Lipinski definition) is 4. The summed E-state index contributed by atoms with van der Waals surface area (Å²) in [5.74, 6) is 0.892. The zero-order valence-corrected chi connectivity index (χ0v) is 11.9. The van der Waals surface area contributed by atoms with E-state index in [9.17, 15) is 0 Å². The van der Waals surface area contributed by atoms with Gasteiger partial charge in [0.25, 0.3) is 0 Å². The molecule has 4 nitrogen and oxygen atoms in total. The number of nitrogens with one attached hydrogen (secondary N) is 1. The summed E-state index contributed by atoms with van der Waals surface area (Å²) in [5, 5.41) is 12.7. The van der Waals surface area contributed by atoms with Gasteiger partial charge in [0, 0.05) is 11.9 Å². The average Bonchev–Trinajstić information content (AvgIpc) is 2.55. The van der Waals surface area contributed by atoms with Gasteiger partial charge in [-0.3, -0.25) is 0 Å². The number of anilines is 1. The Bertz CT molecular complexity index is 737. The largest absolute Gasteiger partial charge is 0.497 e. The fraction of sp³-hybridized carbons (Fsp3) is 0.176. The van der Waals surface area contributed by atoms with Crippen LogP contribution in [0.25, 0.3) is 10.9 Å². The number of rotatable bonds is 5. The lowest BCUT2D eigenvalue weighted by molar-refractivity contribution is 0.414. The normalized spacial score (nSPS) is 10.5. The number of methoxy groups -OCH3 is 1. The predicted octanol–water partition coefficient (Wildman–Crippen LogP) is 3.29. The molecule has 0 unspecified atom stereocenters. The minimum atomic E-state index is 0.836. The molecule has 0 aliphatic carbocycles. The number of fused-ring (bicyclic) bond motifs is 1. The minimum absolute atomic E-state index is 0.836. The van der Waals surface area contributed by atoms with E-state index in [2.05, 4.69) is 33.7 Å². The van der Waals surface area contributed by atoms with E-state index in [1.54, 1.807) is 13.3 Å². The van der Waals surface area contributed by atoms with Crippen LogP contribution in [0.3, 0.4) is 0 Å². The molecule has 0 amide bonds. The first kappa shape index (κ1) is 13.4. The lowest BCUT2D eigenvalue weighted by Gasteiger charge is -2.09. The summed E-state index contributed by atoms with van der Waals surface area (Å²) < 4.78 is 5.24. The van der Waals surface area contributed by atoms with Gasteiger partial charge in [-0.2, -0.15) is 10.2 Å². The van der Waals surface area contributed by atoms with Crippen molar-refractivity contribution in [3.8, 4) is 5.75 Å². The van der Waals surface area contributed by atoms with E-state index in [1.165, 1.54) is 5.56 Å². The summed E-state index contributed by atoms with van der Waals surface area (Å²) in [7, 11) is 1.69. The number of nitrogens with zero attached hydrogens (tertiary/aromatic N) is 2. The molecule has 21 heavy (non-hydrogen) atoms. The SMILES string of the molecule is COc1cccc(CCNc2cnnc3ccccc23)c1. The highest BCUT2D eigenvalue weighted by Gasteiger charge is 2.02. The Balaban J connectivity index is 1.69. The van der Waals surface area contributed by atoms with Crippen molar-refractivity contribution in [3.63, 3.8) is 0 Å². The van der Waals surface area contributed by atoms with Crippen LogP contribution in [0.4, 0.5) is 5.69 Å². The van der Waals surface area contributed by atoms with Crippen molar-refractivity contribution in [1.82, 2.24) is 10.2 Å².